The Morgan fingerprint density at radius 3 is 2.36 bits per heavy atom. The smallest absolute Gasteiger partial charge is 0.322 e. The van der Waals surface area contributed by atoms with E-state index in [4.69, 9.17) is 4.74 Å². The fraction of sp³-hybridized carbons (Fsp3) is 0.278. The van der Waals surface area contributed by atoms with Crippen molar-refractivity contribution in [3.63, 3.8) is 0 Å². The number of nitrogens with one attached hydrogen (secondary N) is 1. The van der Waals surface area contributed by atoms with Gasteiger partial charge >= 0.3 is 6.03 Å². The third-order valence-electron chi connectivity index (χ3n) is 3.98. The molecule has 25 heavy (non-hydrogen) atoms. The number of aromatic nitrogens is 1. The van der Waals surface area contributed by atoms with Crippen LogP contribution < -0.4 is 10.1 Å². The molecule has 3 amide bonds. The molecule has 1 saturated heterocycles. The van der Waals surface area contributed by atoms with E-state index in [9.17, 15) is 9.59 Å². The summed E-state index contributed by atoms with van der Waals surface area (Å²) in [5, 5.41) is 2.84. The third kappa shape index (κ3) is 4.26. The highest BCUT2D eigenvalue weighted by atomic mass is 16.5. The molecule has 130 valence electrons. The van der Waals surface area contributed by atoms with Gasteiger partial charge < -0.3 is 19.9 Å². The van der Waals surface area contributed by atoms with E-state index < -0.39 is 0 Å². The van der Waals surface area contributed by atoms with E-state index in [1.165, 1.54) is 0 Å². The van der Waals surface area contributed by atoms with Gasteiger partial charge in [0.05, 0.1) is 0 Å². The first-order chi connectivity index (χ1) is 12.1. The zero-order chi connectivity index (χ0) is 17.6. The topological polar surface area (TPSA) is 74.8 Å². The van der Waals surface area contributed by atoms with E-state index in [2.05, 4.69) is 10.3 Å². The van der Waals surface area contributed by atoms with E-state index in [0.717, 1.165) is 0 Å². The highest BCUT2D eigenvalue weighted by Crippen LogP contribution is 2.26. The SMILES string of the molecule is CC(=O)N1CCN(C(=O)Nc2cccnc2Oc2ccccc2)CC1. The van der Waals surface area contributed by atoms with Crippen LogP contribution in [0.3, 0.4) is 0 Å². The number of amides is 3. The van der Waals surface area contributed by atoms with E-state index in [-0.39, 0.29) is 11.9 Å². The summed E-state index contributed by atoms with van der Waals surface area (Å²) in [4.78, 5) is 31.5. The number of hydrogen-bond acceptors (Lipinski definition) is 4. The molecule has 2 heterocycles. The minimum absolute atomic E-state index is 0.0332. The second kappa shape index (κ2) is 7.65. The van der Waals surface area contributed by atoms with Crippen LogP contribution in [0.15, 0.2) is 48.7 Å². The van der Waals surface area contributed by atoms with Gasteiger partial charge in [0.1, 0.15) is 11.4 Å². The molecule has 1 aliphatic rings. The van der Waals surface area contributed by atoms with Crippen LogP contribution in [0, 0.1) is 0 Å². The molecule has 0 bridgehead atoms. The molecule has 1 aromatic heterocycles. The van der Waals surface area contributed by atoms with E-state index >= 15 is 0 Å². The summed E-state index contributed by atoms with van der Waals surface area (Å²) in [6.45, 7) is 3.63. The molecule has 0 saturated carbocycles. The van der Waals surface area contributed by atoms with Crippen LogP contribution in [-0.2, 0) is 4.79 Å². The van der Waals surface area contributed by atoms with Crippen LogP contribution in [0.4, 0.5) is 10.5 Å². The van der Waals surface area contributed by atoms with Crippen LogP contribution in [0.2, 0.25) is 0 Å². The summed E-state index contributed by atoms with van der Waals surface area (Å²) in [6.07, 6.45) is 1.61. The van der Waals surface area contributed by atoms with Gasteiger partial charge in [-0.3, -0.25) is 4.79 Å². The van der Waals surface area contributed by atoms with Gasteiger partial charge in [-0.15, -0.1) is 0 Å². The van der Waals surface area contributed by atoms with Crippen molar-refractivity contribution in [2.75, 3.05) is 31.5 Å². The lowest BCUT2D eigenvalue weighted by atomic mass is 10.3. The molecule has 2 aromatic rings. The van der Waals surface area contributed by atoms with Gasteiger partial charge in [0.25, 0.3) is 0 Å². The Kier molecular flexibility index (Phi) is 5.13. The lowest BCUT2D eigenvalue weighted by Gasteiger charge is -2.34. The number of para-hydroxylation sites is 1. The number of hydrogen-bond donors (Lipinski definition) is 1. The zero-order valence-corrected chi connectivity index (χ0v) is 14.0. The van der Waals surface area contributed by atoms with Gasteiger partial charge in [0.15, 0.2) is 0 Å². The Morgan fingerprint density at radius 2 is 1.68 bits per heavy atom. The number of pyridine rings is 1. The van der Waals surface area contributed by atoms with E-state index in [1.54, 1.807) is 35.1 Å². The molecule has 1 aromatic carbocycles. The minimum atomic E-state index is -0.228. The normalized spacial score (nSPS) is 14.1. The number of urea groups is 1. The summed E-state index contributed by atoms with van der Waals surface area (Å²) < 4.78 is 5.75. The number of ether oxygens (including phenoxy) is 1. The predicted molar refractivity (Wildman–Crippen MR) is 93.6 cm³/mol. The Morgan fingerprint density at radius 1 is 1.00 bits per heavy atom. The monoisotopic (exact) mass is 340 g/mol. The number of piperazine rings is 1. The first-order valence-corrected chi connectivity index (χ1v) is 8.13. The molecule has 7 heteroatoms. The predicted octanol–water partition coefficient (Wildman–Crippen LogP) is 2.57. The molecule has 7 nitrogen and oxygen atoms in total. The summed E-state index contributed by atoms with van der Waals surface area (Å²) in [7, 11) is 0. The standard InChI is InChI=1S/C18H20N4O3/c1-14(23)21-10-12-22(13-11-21)18(24)20-16-8-5-9-19-17(16)25-15-6-3-2-4-7-15/h2-9H,10-13H2,1H3,(H,20,24). The fourth-order valence-electron chi connectivity index (χ4n) is 2.59. The van der Waals surface area contributed by atoms with Gasteiger partial charge in [-0.25, -0.2) is 9.78 Å². The van der Waals surface area contributed by atoms with Crippen molar-refractivity contribution in [2.45, 2.75) is 6.92 Å². The Bertz CT molecular complexity index is 743. The number of carbonyl (C=O) groups excluding carboxylic acids is 2. The maximum absolute atomic E-state index is 12.5. The molecular weight excluding hydrogens is 320 g/mol. The van der Waals surface area contributed by atoms with Crippen molar-refractivity contribution < 1.29 is 14.3 Å². The molecule has 1 N–H and O–H groups in total. The third-order valence-corrected chi connectivity index (χ3v) is 3.98. The summed E-state index contributed by atoms with van der Waals surface area (Å²) in [5.41, 5.74) is 0.505. The molecule has 0 aliphatic carbocycles. The average molecular weight is 340 g/mol. The van der Waals surface area contributed by atoms with E-state index in [1.807, 2.05) is 30.3 Å². The molecular formula is C18H20N4O3. The maximum atomic E-state index is 12.5. The summed E-state index contributed by atoms with van der Waals surface area (Å²) in [5.74, 6) is 1.02. The van der Waals surface area contributed by atoms with Crippen molar-refractivity contribution in [1.82, 2.24) is 14.8 Å². The minimum Gasteiger partial charge on any atom is -0.437 e. The fourth-order valence-corrected chi connectivity index (χ4v) is 2.59. The summed E-state index contributed by atoms with van der Waals surface area (Å²) >= 11 is 0. The van der Waals surface area contributed by atoms with Gasteiger partial charge in [-0.2, -0.15) is 0 Å². The van der Waals surface area contributed by atoms with Gasteiger partial charge in [-0.05, 0) is 24.3 Å². The van der Waals surface area contributed by atoms with Crippen LogP contribution in [0.25, 0.3) is 0 Å². The first kappa shape index (κ1) is 16.8. The molecule has 0 radical (unpaired) electrons. The van der Waals surface area contributed by atoms with Crippen molar-refractivity contribution in [1.29, 1.82) is 0 Å². The lowest BCUT2D eigenvalue weighted by molar-refractivity contribution is -0.130. The van der Waals surface area contributed by atoms with Gasteiger partial charge in [0, 0.05) is 39.3 Å². The first-order valence-electron chi connectivity index (χ1n) is 8.13. The molecule has 0 unspecified atom stereocenters. The molecule has 0 atom stereocenters. The Balaban J connectivity index is 1.65. The van der Waals surface area contributed by atoms with Crippen molar-refractivity contribution in [2.24, 2.45) is 0 Å². The summed E-state index contributed by atoms with van der Waals surface area (Å²) in [6, 6.07) is 12.5. The number of nitrogens with zero attached hydrogens (tertiary/aromatic N) is 3. The zero-order valence-electron chi connectivity index (χ0n) is 14.0. The molecule has 0 spiro atoms. The van der Waals surface area contributed by atoms with Crippen molar-refractivity contribution >= 4 is 17.6 Å². The molecule has 3 rings (SSSR count). The van der Waals surface area contributed by atoms with Crippen LogP contribution >= 0.6 is 0 Å². The molecule has 1 aliphatic heterocycles. The maximum Gasteiger partial charge on any atom is 0.322 e. The molecule has 1 fully saturated rings. The number of carbonyl (C=O) groups is 2. The highest BCUT2D eigenvalue weighted by Gasteiger charge is 2.23. The van der Waals surface area contributed by atoms with Crippen molar-refractivity contribution in [3.8, 4) is 11.6 Å². The lowest BCUT2D eigenvalue weighted by Crippen LogP contribution is -2.51. The highest BCUT2D eigenvalue weighted by molar-refractivity contribution is 5.90. The number of anilines is 1. The number of rotatable bonds is 3. The second-order valence-corrected chi connectivity index (χ2v) is 5.69. The van der Waals surface area contributed by atoms with Crippen molar-refractivity contribution in [3.05, 3.63) is 48.7 Å². The van der Waals surface area contributed by atoms with Crippen LogP contribution in [0.5, 0.6) is 11.6 Å². The average Bonchev–Trinajstić information content (AvgIpc) is 2.64. The quantitative estimate of drug-likeness (QED) is 0.932. The van der Waals surface area contributed by atoms with Gasteiger partial charge in [0.2, 0.25) is 11.8 Å². The Hall–Kier alpha value is -3.09. The second-order valence-electron chi connectivity index (χ2n) is 5.69. The Labute approximate surface area is 146 Å². The van der Waals surface area contributed by atoms with E-state index in [0.29, 0.717) is 43.5 Å². The largest absolute Gasteiger partial charge is 0.437 e. The van der Waals surface area contributed by atoms with Gasteiger partial charge in [-0.1, -0.05) is 18.2 Å². The van der Waals surface area contributed by atoms with Crippen LogP contribution in [0.1, 0.15) is 6.92 Å². The number of benzene rings is 1. The van der Waals surface area contributed by atoms with Crippen LogP contribution in [-0.4, -0.2) is 52.9 Å².